The maximum Gasteiger partial charge on any atom is 0.446 e. The standard InChI is InChI=1S/C13H17F3S/c1-8(2)10-5-6-11(9(3)4)12(7-10)17-13(14,15)16/h5-9H,1-4H3. The van der Waals surface area contributed by atoms with Crippen LogP contribution in [0.15, 0.2) is 23.1 Å². The first-order valence-corrected chi connectivity index (χ1v) is 6.42. The molecule has 0 unspecified atom stereocenters. The fraction of sp³-hybridized carbons (Fsp3) is 0.538. The molecule has 0 aliphatic heterocycles. The van der Waals surface area contributed by atoms with E-state index in [1.807, 2.05) is 39.8 Å². The molecule has 17 heavy (non-hydrogen) atoms. The van der Waals surface area contributed by atoms with Crippen LogP contribution in [0, 0.1) is 0 Å². The van der Waals surface area contributed by atoms with Crippen LogP contribution in [0.5, 0.6) is 0 Å². The van der Waals surface area contributed by atoms with E-state index in [2.05, 4.69) is 0 Å². The molecule has 1 aromatic carbocycles. The van der Waals surface area contributed by atoms with Gasteiger partial charge >= 0.3 is 5.51 Å². The van der Waals surface area contributed by atoms with E-state index in [4.69, 9.17) is 0 Å². The zero-order chi connectivity index (χ0) is 13.2. The van der Waals surface area contributed by atoms with Gasteiger partial charge in [0.15, 0.2) is 0 Å². The maximum atomic E-state index is 12.5. The summed E-state index contributed by atoms with van der Waals surface area (Å²) in [7, 11) is 0. The highest BCUT2D eigenvalue weighted by molar-refractivity contribution is 8.00. The second kappa shape index (κ2) is 5.34. The molecule has 0 radical (unpaired) electrons. The Kier molecular flexibility index (Phi) is 4.53. The Morgan fingerprint density at radius 1 is 1.00 bits per heavy atom. The Morgan fingerprint density at radius 2 is 1.59 bits per heavy atom. The largest absolute Gasteiger partial charge is 0.446 e. The van der Waals surface area contributed by atoms with Crippen LogP contribution in [0.1, 0.15) is 50.7 Å². The normalized spacial score (nSPS) is 12.5. The Labute approximate surface area is 105 Å². The van der Waals surface area contributed by atoms with Gasteiger partial charge in [0.2, 0.25) is 0 Å². The molecule has 0 N–H and O–H groups in total. The van der Waals surface area contributed by atoms with Gasteiger partial charge in [-0.3, -0.25) is 0 Å². The van der Waals surface area contributed by atoms with Gasteiger partial charge in [0.05, 0.1) is 0 Å². The van der Waals surface area contributed by atoms with Crippen molar-refractivity contribution in [3.63, 3.8) is 0 Å². The van der Waals surface area contributed by atoms with Gasteiger partial charge < -0.3 is 0 Å². The molecule has 0 heterocycles. The third-order valence-corrected chi connectivity index (χ3v) is 3.36. The molecule has 0 saturated carbocycles. The quantitative estimate of drug-likeness (QED) is 0.644. The third-order valence-electron chi connectivity index (χ3n) is 2.55. The summed E-state index contributed by atoms with van der Waals surface area (Å²) in [6.07, 6.45) is 0. The number of thioether (sulfide) groups is 1. The molecule has 0 nitrogen and oxygen atoms in total. The maximum absolute atomic E-state index is 12.5. The van der Waals surface area contributed by atoms with Crippen LogP contribution in [0.3, 0.4) is 0 Å². The van der Waals surface area contributed by atoms with Crippen molar-refractivity contribution < 1.29 is 13.2 Å². The molecule has 96 valence electrons. The Morgan fingerprint density at radius 3 is 2.00 bits per heavy atom. The van der Waals surface area contributed by atoms with Crippen molar-refractivity contribution in [3.05, 3.63) is 29.3 Å². The molecule has 0 atom stereocenters. The van der Waals surface area contributed by atoms with E-state index < -0.39 is 5.51 Å². The van der Waals surface area contributed by atoms with Gasteiger partial charge in [-0.25, -0.2) is 0 Å². The van der Waals surface area contributed by atoms with Gasteiger partial charge in [-0.05, 0) is 40.8 Å². The van der Waals surface area contributed by atoms with Crippen molar-refractivity contribution in [1.29, 1.82) is 0 Å². The number of hydrogen-bond acceptors (Lipinski definition) is 1. The summed E-state index contributed by atoms with van der Waals surface area (Å²) < 4.78 is 37.4. The van der Waals surface area contributed by atoms with Gasteiger partial charge in [-0.1, -0.05) is 39.8 Å². The topological polar surface area (TPSA) is 0 Å². The molecule has 0 aromatic heterocycles. The van der Waals surface area contributed by atoms with Crippen molar-refractivity contribution in [2.45, 2.75) is 49.9 Å². The van der Waals surface area contributed by atoms with E-state index in [1.165, 1.54) is 0 Å². The molecule has 4 heteroatoms. The van der Waals surface area contributed by atoms with Crippen LogP contribution >= 0.6 is 11.8 Å². The lowest BCUT2D eigenvalue weighted by molar-refractivity contribution is -0.0328. The fourth-order valence-corrected chi connectivity index (χ4v) is 2.47. The van der Waals surface area contributed by atoms with Gasteiger partial charge in [-0.2, -0.15) is 13.2 Å². The first kappa shape index (κ1) is 14.4. The van der Waals surface area contributed by atoms with Crippen LogP contribution < -0.4 is 0 Å². The highest BCUT2D eigenvalue weighted by Gasteiger charge is 2.30. The molecule has 1 rings (SSSR count). The van der Waals surface area contributed by atoms with Crippen molar-refractivity contribution in [1.82, 2.24) is 0 Å². The Bertz CT molecular complexity index is 381. The second-order valence-electron chi connectivity index (χ2n) is 4.65. The van der Waals surface area contributed by atoms with Crippen molar-refractivity contribution in [2.75, 3.05) is 0 Å². The van der Waals surface area contributed by atoms with Gasteiger partial charge in [0, 0.05) is 4.90 Å². The van der Waals surface area contributed by atoms with Gasteiger partial charge in [0.25, 0.3) is 0 Å². The summed E-state index contributed by atoms with van der Waals surface area (Å²) in [5.74, 6) is 0.338. The average molecular weight is 262 g/mol. The number of halogens is 3. The van der Waals surface area contributed by atoms with E-state index in [-0.39, 0.29) is 23.6 Å². The predicted octanol–water partition coefficient (Wildman–Crippen LogP) is 5.55. The summed E-state index contributed by atoms with van der Waals surface area (Å²) in [6, 6.07) is 5.40. The number of alkyl halides is 3. The van der Waals surface area contributed by atoms with E-state index in [0.717, 1.165) is 11.1 Å². The molecule has 0 saturated heterocycles. The molecular formula is C13H17F3S. The lowest BCUT2D eigenvalue weighted by Gasteiger charge is -2.16. The minimum atomic E-state index is -4.22. The Balaban J connectivity index is 3.16. The molecule has 0 fully saturated rings. The first-order chi connectivity index (χ1) is 7.70. The molecule has 0 amide bonds. The highest BCUT2D eigenvalue weighted by atomic mass is 32.2. The van der Waals surface area contributed by atoms with E-state index >= 15 is 0 Å². The summed E-state index contributed by atoms with van der Waals surface area (Å²) in [5.41, 5.74) is -2.52. The van der Waals surface area contributed by atoms with Crippen molar-refractivity contribution in [2.24, 2.45) is 0 Å². The van der Waals surface area contributed by atoms with E-state index in [9.17, 15) is 13.2 Å². The summed E-state index contributed by atoms with van der Waals surface area (Å²) in [4.78, 5) is 0.332. The van der Waals surface area contributed by atoms with E-state index in [0.29, 0.717) is 4.90 Å². The van der Waals surface area contributed by atoms with Gasteiger partial charge in [0.1, 0.15) is 0 Å². The first-order valence-electron chi connectivity index (χ1n) is 5.60. The molecule has 0 spiro atoms. The number of benzene rings is 1. The van der Waals surface area contributed by atoms with Crippen LogP contribution in [-0.2, 0) is 0 Å². The van der Waals surface area contributed by atoms with Crippen molar-refractivity contribution in [3.8, 4) is 0 Å². The third kappa shape index (κ3) is 4.26. The monoisotopic (exact) mass is 262 g/mol. The summed E-state index contributed by atoms with van der Waals surface area (Å²) in [6.45, 7) is 7.77. The van der Waals surface area contributed by atoms with Crippen molar-refractivity contribution >= 4 is 11.8 Å². The molecule has 0 aliphatic carbocycles. The Hall–Kier alpha value is -0.640. The number of hydrogen-bond donors (Lipinski definition) is 0. The highest BCUT2D eigenvalue weighted by Crippen LogP contribution is 2.41. The minimum absolute atomic E-state index is 0.0127. The van der Waals surface area contributed by atoms with Crippen LogP contribution in [0.2, 0.25) is 0 Å². The SMILES string of the molecule is CC(C)c1ccc(C(C)C)c(SC(F)(F)F)c1. The lowest BCUT2D eigenvalue weighted by atomic mass is 9.97. The lowest BCUT2D eigenvalue weighted by Crippen LogP contribution is -2.03. The zero-order valence-electron chi connectivity index (χ0n) is 10.4. The second-order valence-corrected chi connectivity index (χ2v) is 5.76. The summed E-state index contributed by atoms with van der Waals surface area (Å²) >= 11 is -0.0127. The van der Waals surface area contributed by atoms with E-state index in [1.54, 1.807) is 6.07 Å². The van der Waals surface area contributed by atoms with Gasteiger partial charge in [-0.15, -0.1) is 0 Å². The predicted molar refractivity (Wildman–Crippen MR) is 66.5 cm³/mol. The molecule has 0 bridgehead atoms. The molecule has 1 aromatic rings. The minimum Gasteiger partial charge on any atom is -0.160 e. The smallest absolute Gasteiger partial charge is 0.160 e. The average Bonchev–Trinajstić information content (AvgIpc) is 2.14. The van der Waals surface area contributed by atoms with Crippen LogP contribution in [0.25, 0.3) is 0 Å². The molecular weight excluding hydrogens is 245 g/mol. The zero-order valence-corrected chi connectivity index (χ0v) is 11.2. The van der Waals surface area contributed by atoms with Crippen LogP contribution in [-0.4, -0.2) is 5.51 Å². The molecule has 0 aliphatic rings. The number of rotatable bonds is 3. The summed E-state index contributed by atoms with van der Waals surface area (Å²) in [5, 5.41) is 0. The fourth-order valence-electron chi connectivity index (χ4n) is 1.60. The van der Waals surface area contributed by atoms with Crippen LogP contribution in [0.4, 0.5) is 13.2 Å².